The van der Waals surface area contributed by atoms with E-state index in [0.29, 0.717) is 22.3 Å². The fourth-order valence-corrected chi connectivity index (χ4v) is 2.50. The largest absolute Gasteiger partial charge is 0.334 e. The summed E-state index contributed by atoms with van der Waals surface area (Å²) in [4.78, 5) is 14.1. The van der Waals surface area contributed by atoms with Crippen LogP contribution in [0.1, 0.15) is 11.1 Å². The Bertz CT molecular complexity index is 689. The van der Waals surface area contributed by atoms with Crippen molar-refractivity contribution >= 4 is 34.9 Å². The van der Waals surface area contributed by atoms with Crippen molar-refractivity contribution in [3.63, 3.8) is 0 Å². The van der Waals surface area contributed by atoms with Crippen molar-refractivity contribution in [1.29, 1.82) is 0 Å². The predicted octanol–water partition coefficient (Wildman–Crippen LogP) is 4.38. The van der Waals surface area contributed by atoms with Crippen LogP contribution in [0.5, 0.6) is 0 Å². The molecule has 0 spiro atoms. The number of anilines is 1. The van der Waals surface area contributed by atoms with E-state index < -0.39 is 0 Å². The lowest BCUT2D eigenvalue weighted by molar-refractivity contribution is 0.251. The lowest BCUT2D eigenvalue weighted by atomic mass is 10.1. The Morgan fingerprint density at radius 1 is 1.09 bits per heavy atom. The monoisotopic (exact) mass is 351 g/mol. The molecule has 0 radical (unpaired) electrons. The molecule has 23 heavy (non-hydrogen) atoms. The van der Waals surface area contributed by atoms with Gasteiger partial charge < -0.3 is 15.5 Å². The molecule has 0 saturated heterocycles. The zero-order chi connectivity index (χ0) is 16.8. The Labute approximate surface area is 146 Å². The summed E-state index contributed by atoms with van der Waals surface area (Å²) in [5.41, 5.74) is 2.74. The van der Waals surface area contributed by atoms with Crippen LogP contribution in [-0.4, -0.2) is 25.0 Å². The highest BCUT2D eigenvalue weighted by molar-refractivity contribution is 6.35. The second-order valence-corrected chi connectivity index (χ2v) is 6.28. The molecule has 2 aromatic carbocycles. The summed E-state index contributed by atoms with van der Waals surface area (Å²) in [7, 11) is 4.02. The molecular formula is C17H19Cl2N3O. The fourth-order valence-electron chi connectivity index (χ4n) is 2.16. The van der Waals surface area contributed by atoms with E-state index in [0.717, 1.165) is 12.1 Å². The Morgan fingerprint density at radius 2 is 1.78 bits per heavy atom. The Hall–Kier alpha value is -1.75. The first-order valence-corrected chi connectivity index (χ1v) is 7.92. The molecular weight excluding hydrogens is 333 g/mol. The summed E-state index contributed by atoms with van der Waals surface area (Å²) in [5, 5.41) is 6.50. The molecule has 0 atom stereocenters. The minimum Gasteiger partial charge on any atom is -0.334 e. The smallest absolute Gasteiger partial charge is 0.319 e. The molecule has 0 bridgehead atoms. The Balaban J connectivity index is 1.98. The van der Waals surface area contributed by atoms with Crippen LogP contribution in [0.15, 0.2) is 42.5 Å². The normalized spacial score (nSPS) is 10.7. The minimum absolute atomic E-state index is 0.325. The van der Waals surface area contributed by atoms with E-state index in [4.69, 9.17) is 23.2 Å². The number of carbonyl (C=O) groups excluding carboxylic acids is 1. The molecule has 2 rings (SSSR count). The average molecular weight is 352 g/mol. The number of hydrogen-bond donors (Lipinski definition) is 2. The third kappa shape index (κ3) is 5.43. The molecule has 0 fully saturated rings. The van der Waals surface area contributed by atoms with Gasteiger partial charge in [-0.15, -0.1) is 0 Å². The number of rotatable bonds is 5. The van der Waals surface area contributed by atoms with Gasteiger partial charge in [-0.3, -0.25) is 0 Å². The van der Waals surface area contributed by atoms with Crippen molar-refractivity contribution in [2.45, 2.75) is 13.1 Å². The predicted molar refractivity (Wildman–Crippen MR) is 96.2 cm³/mol. The van der Waals surface area contributed by atoms with Gasteiger partial charge in [-0.05, 0) is 43.4 Å². The molecule has 2 aromatic rings. The molecule has 0 heterocycles. The molecule has 6 heteroatoms. The highest BCUT2D eigenvalue weighted by Crippen LogP contribution is 2.25. The van der Waals surface area contributed by atoms with E-state index in [9.17, 15) is 4.79 Å². The number of carbonyl (C=O) groups is 1. The van der Waals surface area contributed by atoms with Crippen molar-refractivity contribution in [3.8, 4) is 0 Å². The third-order valence-electron chi connectivity index (χ3n) is 3.22. The van der Waals surface area contributed by atoms with Gasteiger partial charge in [0, 0.05) is 18.1 Å². The SMILES string of the molecule is CN(C)Cc1ccccc1CNC(=O)Nc1cc(Cl)ccc1Cl. The van der Waals surface area contributed by atoms with Gasteiger partial charge in [-0.1, -0.05) is 47.5 Å². The quantitative estimate of drug-likeness (QED) is 0.839. The van der Waals surface area contributed by atoms with Crippen LogP contribution in [0.3, 0.4) is 0 Å². The fraction of sp³-hybridized carbons (Fsp3) is 0.235. The molecule has 4 nitrogen and oxygen atoms in total. The van der Waals surface area contributed by atoms with Crippen LogP contribution in [0.2, 0.25) is 10.0 Å². The average Bonchev–Trinajstić information content (AvgIpc) is 2.49. The third-order valence-corrected chi connectivity index (χ3v) is 3.79. The maximum atomic E-state index is 12.0. The van der Waals surface area contributed by atoms with Gasteiger partial charge in [-0.2, -0.15) is 0 Å². The lowest BCUT2D eigenvalue weighted by Crippen LogP contribution is -2.29. The second kappa shape index (κ2) is 8.20. The molecule has 0 unspecified atom stereocenters. The van der Waals surface area contributed by atoms with E-state index in [2.05, 4.69) is 21.6 Å². The summed E-state index contributed by atoms with van der Waals surface area (Å²) < 4.78 is 0. The van der Waals surface area contributed by atoms with Crippen molar-refractivity contribution in [2.24, 2.45) is 0 Å². The van der Waals surface area contributed by atoms with Crippen LogP contribution < -0.4 is 10.6 Å². The summed E-state index contributed by atoms with van der Waals surface area (Å²) >= 11 is 11.9. The first-order valence-electron chi connectivity index (χ1n) is 7.17. The molecule has 0 aliphatic heterocycles. The van der Waals surface area contributed by atoms with E-state index in [1.165, 1.54) is 5.56 Å². The van der Waals surface area contributed by atoms with Gasteiger partial charge in [0.2, 0.25) is 0 Å². The zero-order valence-corrected chi connectivity index (χ0v) is 14.6. The number of hydrogen-bond acceptors (Lipinski definition) is 2. The van der Waals surface area contributed by atoms with Crippen LogP contribution in [0, 0.1) is 0 Å². The summed E-state index contributed by atoms with van der Waals surface area (Å²) in [6.45, 7) is 1.26. The molecule has 0 saturated carbocycles. The highest BCUT2D eigenvalue weighted by atomic mass is 35.5. The van der Waals surface area contributed by atoms with E-state index >= 15 is 0 Å². The van der Waals surface area contributed by atoms with Gasteiger partial charge in [-0.25, -0.2) is 4.79 Å². The number of halogens is 2. The van der Waals surface area contributed by atoms with Crippen molar-refractivity contribution < 1.29 is 4.79 Å². The number of nitrogens with one attached hydrogen (secondary N) is 2. The molecule has 0 aromatic heterocycles. The topological polar surface area (TPSA) is 44.4 Å². The van der Waals surface area contributed by atoms with E-state index in [-0.39, 0.29) is 6.03 Å². The van der Waals surface area contributed by atoms with Gasteiger partial charge in [0.1, 0.15) is 0 Å². The van der Waals surface area contributed by atoms with E-state index in [1.54, 1.807) is 18.2 Å². The van der Waals surface area contributed by atoms with Crippen molar-refractivity contribution in [3.05, 3.63) is 63.6 Å². The highest BCUT2D eigenvalue weighted by Gasteiger charge is 2.08. The summed E-state index contributed by atoms with van der Waals surface area (Å²) in [6.07, 6.45) is 0. The first-order chi connectivity index (χ1) is 11.0. The van der Waals surface area contributed by atoms with Crippen molar-refractivity contribution in [2.75, 3.05) is 19.4 Å². The van der Waals surface area contributed by atoms with Crippen LogP contribution in [0.4, 0.5) is 10.5 Å². The maximum Gasteiger partial charge on any atom is 0.319 e. The second-order valence-electron chi connectivity index (χ2n) is 5.44. The van der Waals surface area contributed by atoms with Gasteiger partial charge >= 0.3 is 6.03 Å². The lowest BCUT2D eigenvalue weighted by Gasteiger charge is -2.15. The standard InChI is InChI=1S/C17H19Cl2N3O/c1-22(2)11-13-6-4-3-5-12(13)10-20-17(23)21-16-9-14(18)7-8-15(16)19/h3-9H,10-11H2,1-2H3,(H2,20,21,23). The van der Waals surface area contributed by atoms with Gasteiger partial charge in [0.05, 0.1) is 10.7 Å². The van der Waals surface area contributed by atoms with Gasteiger partial charge in [0.15, 0.2) is 0 Å². The molecule has 122 valence electrons. The Kier molecular flexibility index (Phi) is 6.28. The summed E-state index contributed by atoms with van der Waals surface area (Å²) in [5.74, 6) is 0. The molecule has 0 aliphatic carbocycles. The van der Waals surface area contributed by atoms with Crippen LogP contribution in [0.25, 0.3) is 0 Å². The summed E-state index contributed by atoms with van der Waals surface area (Å²) in [6, 6.07) is 12.6. The molecule has 2 amide bonds. The number of amides is 2. The van der Waals surface area contributed by atoms with Crippen LogP contribution >= 0.6 is 23.2 Å². The maximum absolute atomic E-state index is 12.0. The van der Waals surface area contributed by atoms with Crippen LogP contribution in [-0.2, 0) is 13.1 Å². The van der Waals surface area contributed by atoms with Gasteiger partial charge in [0.25, 0.3) is 0 Å². The Morgan fingerprint density at radius 3 is 2.48 bits per heavy atom. The number of nitrogens with zero attached hydrogens (tertiary/aromatic N) is 1. The number of urea groups is 1. The first kappa shape index (κ1) is 17.6. The minimum atomic E-state index is -0.325. The molecule has 0 aliphatic rings. The zero-order valence-electron chi connectivity index (χ0n) is 13.1. The van der Waals surface area contributed by atoms with E-state index in [1.807, 2.05) is 32.3 Å². The molecule has 2 N–H and O–H groups in total. The van der Waals surface area contributed by atoms with Crippen molar-refractivity contribution in [1.82, 2.24) is 10.2 Å². The number of benzene rings is 2.